The molecule has 23 heavy (non-hydrogen) atoms. The maximum atomic E-state index is 5.55. The molecule has 0 spiro atoms. The van der Waals surface area contributed by atoms with Crippen molar-refractivity contribution in [2.75, 3.05) is 26.2 Å². The molecule has 122 valence electrons. The second kappa shape index (κ2) is 8.14. The second-order valence-electron chi connectivity index (χ2n) is 6.05. The molecule has 0 unspecified atom stereocenters. The number of rotatable bonds is 7. The van der Waals surface area contributed by atoms with Crippen LogP contribution in [0.25, 0.3) is 0 Å². The first-order chi connectivity index (χ1) is 11.3. The number of benzene rings is 2. The van der Waals surface area contributed by atoms with Crippen molar-refractivity contribution in [3.05, 3.63) is 65.2 Å². The molecule has 3 nitrogen and oxygen atoms in total. The molecule has 1 N–H and O–H groups in total. The monoisotopic (exact) mass is 310 g/mol. The Labute approximate surface area is 139 Å². The number of nitrogens with one attached hydrogen (secondary N) is 1. The predicted molar refractivity (Wildman–Crippen MR) is 94.7 cm³/mol. The van der Waals surface area contributed by atoms with Crippen molar-refractivity contribution in [1.29, 1.82) is 0 Å². The van der Waals surface area contributed by atoms with E-state index in [4.69, 9.17) is 4.74 Å². The zero-order valence-corrected chi connectivity index (χ0v) is 13.9. The van der Waals surface area contributed by atoms with Crippen LogP contribution in [0.15, 0.2) is 48.5 Å². The Morgan fingerprint density at radius 1 is 1.09 bits per heavy atom. The minimum atomic E-state index is 0.716. The zero-order valence-electron chi connectivity index (χ0n) is 13.9. The molecule has 1 heterocycles. The lowest BCUT2D eigenvalue weighted by atomic mass is 10.00. The van der Waals surface area contributed by atoms with E-state index in [-0.39, 0.29) is 0 Å². The quantitative estimate of drug-likeness (QED) is 0.795. The van der Waals surface area contributed by atoms with Crippen LogP contribution in [0.2, 0.25) is 0 Å². The zero-order chi connectivity index (χ0) is 15.9. The molecule has 0 aliphatic carbocycles. The first-order valence-corrected chi connectivity index (χ1v) is 8.57. The smallest absolute Gasteiger partial charge is 0.119 e. The van der Waals surface area contributed by atoms with Gasteiger partial charge in [0, 0.05) is 32.7 Å². The third kappa shape index (κ3) is 4.57. The van der Waals surface area contributed by atoms with Gasteiger partial charge < -0.3 is 10.1 Å². The molecule has 0 radical (unpaired) electrons. The Bertz CT molecular complexity index is 627. The summed E-state index contributed by atoms with van der Waals surface area (Å²) in [6.07, 6.45) is 1.17. The molecule has 0 fully saturated rings. The number of nitrogens with zero attached hydrogens (tertiary/aromatic N) is 1. The van der Waals surface area contributed by atoms with Gasteiger partial charge in [0.05, 0.1) is 6.61 Å². The van der Waals surface area contributed by atoms with Gasteiger partial charge in [-0.2, -0.15) is 0 Å². The molecule has 3 rings (SSSR count). The van der Waals surface area contributed by atoms with Crippen LogP contribution in [0, 0.1) is 0 Å². The van der Waals surface area contributed by atoms with Crippen molar-refractivity contribution in [1.82, 2.24) is 10.2 Å². The Morgan fingerprint density at radius 2 is 1.96 bits per heavy atom. The number of ether oxygens (including phenoxy) is 1. The Balaban J connectivity index is 1.41. The molecule has 3 heteroatoms. The summed E-state index contributed by atoms with van der Waals surface area (Å²) in [5, 5.41) is 3.55. The molecule has 0 atom stereocenters. The molecule has 1 aliphatic rings. The molecule has 0 saturated heterocycles. The molecule has 0 aromatic heterocycles. The topological polar surface area (TPSA) is 24.5 Å². The average molecular weight is 310 g/mol. The van der Waals surface area contributed by atoms with E-state index in [1.807, 2.05) is 13.0 Å². The third-order valence-corrected chi connectivity index (χ3v) is 4.35. The fraction of sp³-hybridized carbons (Fsp3) is 0.400. The minimum absolute atomic E-state index is 0.716. The predicted octanol–water partition coefficient (Wildman–Crippen LogP) is 3.23. The van der Waals surface area contributed by atoms with E-state index in [1.54, 1.807) is 0 Å². The normalized spacial score (nSPS) is 14.5. The van der Waals surface area contributed by atoms with E-state index in [9.17, 15) is 0 Å². The third-order valence-electron chi connectivity index (χ3n) is 4.35. The van der Waals surface area contributed by atoms with Gasteiger partial charge in [0.2, 0.25) is 0 Å². The SMILES string of the molecule is CCOc1cccc(CNCCN2CCc3ccccc3C2)c1. The lowest BCUT2D eigenvalue weighted by Crippen LogP contribution is -2.35. The van der Waals surface area contributed by atoms with Crippen LogP contribution >= 0.6 is 0 Å². The average Bonchev–Trinajstić information content (AvgIpc) is 2.59. The summed E-state index contributed by atoms with van der Waals surface area (Å²) in [6.45, 7) is 7.98. The fourth-order valence-corrected chi connectivity index (χ4v) is 3.13. The molecule has 2 aromatic carbocycles. The van der Waals surface area contributed by atoms with Crippen molar-refractivity contribution in [3.8, 4) is 5.75 Å². The van der Waals surface area contributed by atoms with E-state index < -0.39 is 0 Å². The highest BCUT2D eigenvalue weighted by Gasteiger charge is 2.14. The van der Waals surface area contributed by atoms with Gasteiger partial charge in [-0.25, -0.2) is 0 Å². The molecular formula is C20H26N2O. The minimum Gasteiger partial charge on any atom is -0.494 e. The van der Waals surface area contributed by atoms with E-state index in [1.165, 1.54) is 29.7 Å². The standard InChI is InChI=1S/C20H26N2O/c1-2-23-20-9-5-6-17(14-20)15-21-11-13-22-12-10-18-7-3-4-8-19(18)16-22/h3-9,14,21H,2,10-13,15-16H2,1H3. The van der Waals surface area contributed by atoms with Gasteiger partial charge in [0.1, 0.15) is 5.75 Å². The van der Waals surface area contributed by atoms with Gasteiger partial charge in [-0.15, -0.1) is 0 Å². The van der Waals surface area contributed by atoms with Crippen LogP contribution in [0.3, 0.4) is 0 Å². The molecule has 1 aliphatic heterocycles. The van der Waals surface area contributed by atoms with E-state index in [0.29, 0.717) is 6.61 Å². The first kappa shape index (κ1) is 16.0. The molecular weight excluding hydrogens is 284 g/mol. The summed E-state index contributed by atoms with van der Waals surface area (Å²) in [7, 11) is 0. The molecule has 0 amide bonds. The van der Waals surface area contributed by atoms with Crippen molar-refractivity contribution in [2.24, 2.45) is 0 Å². The van der Waals surface area contributed by atoms with Gasteiger partial charge in [-0.05, 0) is 42.2 Å². The van der Waals surface area contributed by atoms with Crippen molar-refractivity contribution in [3.63, 3.8) is 0 Å². The summed E-state index contributed by atoms with van der Waals surface area (Å²) < 4.78 is 5.55. The van der Waals surface area contributed by atoms with Gasteiger partial charge in [0.15, 0.2) is 0 Å². The van der Waals surface area contributed by atoms with Crippen LogP contribution < -0.4 is 10.1 Å². The highest BCUT2D eigenvalue weighted by atomic mass is 16.5. The number of hydrogen-bond acceptors (Lipinski definition) is 3. The summed E-state index contributed by atoms with van der Waals surface area (Å²) in [5.74, 6) is 0.958. The van der Waals surface area contributed by atoms with Crippen LogP contribution in [0.5, 0.6) is 5.75 Å². The highest BCUT2D eigenvalue weighted by molar-refractivity contribution is 5.29. The lowest BCUT2D eigenvalue weighted by molar-refractivity contribution is 0.254. The van der Waals surface area contributed by atoms with Crippen LogP contribution in [0.1, 0.15) is 23.6 Å². The fourth-order valence-electron chi connectivity index (χ4n) is 3.13. The Morgan fingerprint density at radius 3 is 2.83 bits per heavy atom. The van der Waals surface area contributed by atoms with E-state index >= 15 is 0 Å². The van der Waals surface area contributed by atoms with Crippen LogP contribution in [0.4, 0.5) is 0 Å². The molecule has 2 aromatic rings. The second-order valence-corrected chi connectivity index (χ2v) is 6.05. The van der Waals surface area contributed by atoms with E-state index in [2.05, 4.69) is 52.7 Å². The van der Waals surface area contributed by atoms with Crippen LogP contribution in [-0.2, 0) is 19.5 Å². The lowest BCUT2D eigenvalue weighted by Gasteiger charge is -2.28. The summed E-state index contributed by atoms with van der Waals surface area (Å²) in [6, 6.07) is 17.1. The number of fused-ring (bicyclic) bond motifs is 1. The van der Waals surface area contributed by atoms with Crippen molar-refractivity contribution >= 4 is 0 Å². The highest BCUT2D eigenvalue weighted by Crippen LogP contribution is 2.18. The maximum Gasteiger partial charge on any atom is 0.119 e. The van der Waals surface area contributed by atoms with Gasteiger partial charge in [-0.1, -0.05) is 36.4 Å². The largest absolute Gasteiger partial charge is 0.494 e. The first-order valence-electron chi connectivity index (χ1n) is 8.57. The van der Waals surface area contributed by atoms with E-state index in [0.717, 1.165) is 31.9 Å². The molecule has 0 saturated carbocycles. The van der Waals surface area contributed by atoms with Gasteiger partial charge >= 0.3 is 0 Å². The maximum absolute atomic E-state index is 5.55. The molecule has 0 bridgehead atoms. The summed E-state index contributed by atoms with van der Waals surface area (Å²) in [4.78, 5) is 2.53. The van der Waals surface area contributed by atoms with Gasteiger partial charge in [0.25, 0.3) is 0 Å². The summed E-state index contributed by atoms with van der Waals surface area (Å²) in [5.41, 5.74) is 4.28. The summed E-state index contributed by atoms with van der Waals surface area (Å²) >= 11 is 0. The van der Waals surface area contributed by atoms with Crippen LogP contribution in [-0.4, -0.2) is 31.1 Å². The van der Waals surface area contributed by atoms with Crippen molar-refractivity contribution < 1.29 is 4.74 Å². The Hall–Kier alpha value is -1.84. The number of hydrogen-bond donors (Lipinski definition) is 1. The Kier molecular flexibility index (Phi) is 5.67. The van der Waals surface area contributed by atoms with Crippen molar-refractivity contribution in [2.45, 2.75) is 26.4 Å². The van der Waals surface area contributed by atoms with Gasteiger partial charge in [-0.3, -0.25) is 4.90 Å².